The molecule has 0 bridgehead atoms. The molecule has 2 aromatic rings. The Kier molecular flexibility index (Phi) is 3.59. The van der Waals surface area contributed by atoms with Gasteiger partial charge in [-0.25, -0.2) is 0 Å². The number of fused-ring (bicyclic) bond motifs is 1. The van der Waals surface area contributed by atoms with Gasteiger partial charge in [-0.15, -0.1) is 11.3 Å². The maximum Gasteiger partial charge on any atom is 0.313 e. The minimum absolute atomic E-state index is 0.200. The number of halogens is 1. The van der Waals surface area contributed by atoms with Gasteiger partial charge in [0.25, 0.3) is 0 Å². The van der Waals surface area contributed by atoms with E-state index in [2.05, 4.69) is 20.7 Å². The van der Waals surface area contributed by atoms with Gasteiger partial charge >= 0.3 is 5.97 Å². The van der Waals surface area contributed by atoms with Crippen LogP contribution < -0.4 is 0 Å². The van der Waals surface area contributed by atoms with E-state index in [4.69, 9.17) is 0 Å². The number of hydrogen-bond acceptors (Lipinski definition) is 4. The first-order valence-corrected chi connectivity index (χ1v) is 6.50. The molecular weight excluding hydrogens is 304 g/mol. The first kappa shape index (κ1) is 12.3. The fourth-order valence-electron chi connectivity index (χ4n) is 1.44. The number of carbonyl (C=O) groups excluding carboxylic acids is 2. The first-order chi connectivity index (χ1) is 8.10. The van der Waals surface area contributed by atoms with Gasteiger partial charge in [-0.05, 0) is 29.7 Å². The summed E-state index contributed by atoms with van der Waals surface area (Å²) in [5.41, 5.74) is 0. The van der Waals surface area contributed by atoms with E-state index in [1.54, 1.807) is 6.07 Å². The van der Waals surface area contributed by atoms with E-state index in [1.807, 2.05) is 18.2 Å². The zero-order chi connectivity index (χ0) is 12.4. The summed E-state index contributed by atoms with van der Waals surface area (Å²) in [6.07, 6.45) is -0.204. The van der Waals surface area contributed by atoms with Gasteiger partial charge in [0.1, 0.15) is 6.42 Å². The Labute approximate surface area is 111 Å². The Morgan fingerprint density at radius 3 is 2.82 bits per heavy atom. The van der Waals surface area contributed by atoms with Crippen LogP contribution in [0.15, 0.2) is 28.7 Å². The Hall–Kier alpha value is -1.20. The van der Waals surface area contributed by atoms with Crippen molar-refractivity contribution in [2.24, 2.45) is 0 Å². The lowest BCUT2D eigenvalue weighted by Gasteiger charge is -1.95. The summed E-state index contributed by atoms with van der Waals surface area (Å²) in [6.45, 7) is 0. The molecule has 88 valence electrons. The van der Waals surface area contributed by atoms with Crippen LogP contribution in [-0.2, 0) is 9.53 Å². The van der Waals surface area contributed by atoms with Gasteiger partial charge in [-0.2, -0.15) is 0 Å². The van der Waals surface area contributed by atoms with Crippen molar-refractivity contribution in [3.05, 3.63) is 33.6 Å². The predicted molar refractivity (Wildman–Crippen MR) is 70.5 cm³/mol. The number of thiophene rings is 1. The smallest absolute Gasteiger partial charge is 0.313 e. The van der Waals surface area contributed by atoms with Crippen LogP contribution in [0.25, 0.3) is 10.1 Å². The van der Waals surface area contributed by atoms with Crippen molar-refractivity contribution in [3.8, 4) is 0 Å². The highest BCUT2D eigenvalue weighted by Gasteiger charge is 2.14. The van der Waals surface area contributed by atoms with Crippen LogP contribution in [0.1, 0.15) is 16.1 Å². The third kappa shape index (κ3) is 2.73. The number of benzene rings is 1. The van der Waals surface area contributed by atoms with Crippen LogP contribution in [-0.4, -0.2) is 18.9 Å². The van der Waals surface area contributed by atoms with Crippen LogP contribution in [0.2, 0.25) is 0 Å². The minimum atomic E-state index is -0.506. The van der Waals surface area contributed by atoms with Gasteiger partial charge in [0.05, 0.1) is 12.0 Å². The van der Waals surface area contributed by atoms with Crippen molar-refractivity contribution in [1.82, 2.24) is 0 Å². The van der Waals surface area contributed by atoms with Crippen molar-refractivity contribution >= 4 is 49.1 Å². The largest absolute Gasteiger partial charge is 0.469 e. The lowest BCUT2D eigenvalue weighted by Crippen LogP contribution is -2.07. The summed E-state index contributed by atoms with van der Waals surface area (Å²) < 4.78 is 6.47. The van der Waals surface area contributed by atoms with Gasteiger partial charge in [0, 0.05) is 9.17 Å². The predicted octanol–water partition coefficient (Wildman–Crippen LogP) is 3.41. The van der Waals surface area contributed by atoms with Crippen LogP contribution in [0.4, 0.5) is 0 Å². The van der Waals surface area contributed by atoms with Crippen molar-refractivity contribution < 1.29 is 14.3 Å². The molecule has 0 amide bonds. The van der Waals surface area contributed by atoms with E-state index in [1.165, 1.54) is 18.4 Å². The maximum atomic E-state index is 11.8. The van der Waals surface area contributed by atoms with E-state index in [0.717, 1.165) is 14.6 Å². The third-order valence-electron chi connectivity index (χ3n) is 2.29. The number of methoxy groups -OCH3 is 1. The fraction of sp³-hybridized carbons (Fsp3) is 0.167. The Bertz CT molecular complexity index is 588. The summed E-state index contributed by atoms with van der Waals surface area (Å²) >= 11 is 4.76. The van der Waals surface area contributed by atoms with Crippen LogP contribution >= 0.6 is 27.3 Å². The second-order valence-electron chi connectivity index (χ2n) is 3.47. The molecule has 0 aliphatic carbocycles. The highest BCUT2D eigenvalue weighted by atomic mass is 79.9. The molecule has 0 aliphatic heterocycles. The standard InChI is InChI=1S/C12H9BrO3S/c1-16-12(15)6-9(14)11-5-7-4-8(13)2-3-10(7)17-11/h2-5H,6H2,1H3. The number of Topliss-reactive ketones (excluding diaryl/α,β-unsaturated/α-hetero) is 1. The number of ether oxygens (including phenoxy) is 1. The Morgan fingerprint density at radius 1 is 1.35 bits per heavy atom. The van der Waals surface area contributed by atoms with E-state index in [-0.39, 0.29) is 12.2 Å². The highest BCUT2D eigenvalue weighted by Crippen LogP contribution is 2.28. The van der Waals surface area contributed by atoms with Crippen LogP contribution in [0.5, 0.6) is 0 Å². The first-order valence-electron chi connectivity index (χ1n) is 4.89. The summed E-state index contributed by atoms with van der Waals surface area (Å²) in [7, 11) is 1.28. The maximum absolute atomic E-state index is 11.8. The molecule has 0 fully saturated rings. The topological polar surface area (TPSA) is 43.4 Å². The second-order valence-corrected chi connectivity index (χ2v) is 5.47. The lowest BCUT2D eigenvalue weighted by atomic mass is 10.2. The molecule has 0 aliphatic rings. The molecular formula is C12H9BrO3S. The zero-order valence-corrected chi connectivity index (χ0v) is 11.4. The summed E-state index contributed by atoms with van der Waals surface area (Å²) in [4.78, 5) is 23.4. The van der Waals surface area contributed by atoms with Crippen molar-refractivity contribution in [3.63, 3.8) is 0 Å². The summed E-state index contributed by atoms with van der Waals surface area (Å²) in [6, 6.07) is 7.61. The Balaban J connectivity index is 2.30. The molecule has 0 saturated heterocycles. The lowest BCUT2D eigenvalue weighted by molar-refractivity contribution is -0.139. The van der Waals surface area contributed by atoms with Gasteiger partial charge in [-0.1, -0.05) is 15.9 Å². The van der Waals surface area contributed by atoms with Gasteiger partial charge in [0.15, 0.2) is 5.78 Å². The molecule has 0 unspecified atom stereocenters. The molecule has 17 heavy (non-hydrogen) atoms. The quantitative estimate of drug-likeness (QED) is 0.495. The van der Waals surface area contributed by atoms with E-state index >= 15 is 0 Å². The monoisotopic (exact) mass is 312 g/mol. The van der Waals surface area contributed by atoms with E-state index in [0.29, 0.717) is 4.88 Å². The second kappa shape index (κ2) is 4.98. The molecule has 1 aromatic heterocycles. The number of esters is 1. The minimum Gasteiger partial charge on any atom is -0.469 e. The number of carbonyl (C=O) groups is 2. The van der Waals surface area contributed by atoms with E-state index in [9.17, 15) is 9.59 Å². The van der Waals surface area contributed by atoms with Crippen LogP contribution in [0.3, 0.4) is 0 Å². The Morgan fingerprint density at radius 2 is 2.12 bits per heavy atom. The van der Waals surface area contributed by atoms with E-state index < -0.39 is 5.97 Å². The molecule has 2 rings (SSSR count). The average Bonchev–Trinajstić information content (AvgIpc) is 2.71. The van der Waals surface area contributed by atoms with Crippen molar-refractivity contribution in [2.45, 2.75) is 6.42 Å². The summed E-state index contributed by atoms with van der Waals surface area (Å²) in [5.74, 6) is -0.706. The molecule has 0 N–H and O–H groups in total. The molecule has 1 heterocycles. The zero-order valence-electron chi connectivity index (χ0n) is 9.03. The molecule has 0 spiro atoms. The molecule has 0 radical (unpaired) electrons. The van der Waals surface area contributed by atoms with Gasteiger partial charge in [0.2, 0.25) is 0 Å². The van der Waals surface area contributed by atoms with Gasteiger partial charge < -0.3 is 4.74 Å². The SMILES string of the molecule is COC(=O)CC(=O)c1cc2cc(Br)ccc2s1. The molecule has 0 saturated carbocycles. The number of hydrogen-bond donors (Lipinski definition) is 0. The molecule has 3 nitrogen and oxygen atoms in total. The fourth-order valence-corrected chi connectivity index (χ4v) is 2.80. The third-order valence-corrected chi connectivity index (χ3v) is 3.94. The van der Waals surface area contributed by atoms with Crippen molar-refractivity contribution in [1.29, 1.82) is 0 Å². The highest BCUT2D eigenvalue weighted by molar-refractivity contribution is 9.10. The number of rotatable bonds is 3. The van der Waals surface area contributed by atoms with Crippen LogP contribution in [0, 0.1) is 0 Å². The normalized spacial score (nSPS) is 10.5. The average molecular weight is 313 g/mol. The molecule has 5 heteroatoms. The van der Waals surface area contributed by atoms with Crippen molar-refractivity contribution in [2.75, 3.05) is 7.11 Å². The summed E-state index contributed by atoms with van der Waals surface area (Å²) in [5, 5.41) is 0.998. The molecule has 0 atom stereocenters. The molecule has 1 aromatic carbocycles. The number of ketones is 1. The van der Waals surface area contributed by atoms with Gasteiger partial charge in [-0.3, -0.25) is 9.59 Å².